The normalized spacial score (nSPS) is 21.6. The number of hydrogen-bond acceptors (Lipinski definition) is 3. The van der Waals surface area contributed by atoms with Crippen LogP contribution in [0.15, 0.2) is 24.3 Å². The van der Waals surface area contributed by atoms with Gasteiger partial charge < -0.3 is 15.4 Å². The molecule has 1 aromatic rings. The van der Waals surface area contributed by atoms with Gasteiger partial charge >= 0.3 is 6.61 Å². The van der Waals surface area contributed by atoms with E-state index in [-0.39, 0.29) is 24.1 Å². The Bertz CT molecular complexity index is 523. The zero-order valence-electron chi connectivity index (χ0n) is 13.3. The van der Waals surface area contributed by atoms with Gasteiger partial charge in [-0.1, -0.05) is 25.1 Å². The highest BCUT2D eigenvalue weighted by atomic mass is 35.5. The van der Waals surface area contributed by atoms with Crippen molar-refractivity contribution in [2.75, 3.05) is 6.54 Å². The van der Waals surface area contributed by atoms with Gasteiger partial charge in [0, 0.05) is 5.56 Å². The van der Waals surface area contributed by atoms with E-state index in [1.165, 1.54) is 6.07 Å². The van der Waals surface area contributed by atoms with Crippen LogP contribution >= 0.6 is 12.4 Å². The van der Waals surface area contributed by atoms with E-state index in [4.69, 9.17) is 0 Å². The van der Waals surface area contributed by atoms with Gasteiger partial charge in [0.1, 0.15) is 5.75 Å². The Morgan fingerprint density at radius 1 is 1.43 bits per heavy atom. The number of hydrogen-bond donors (Lipinski definition) is 2. The summed E-state index contributed by atoms with van der Waals surface area (Å²) in [5.41, 5.74) is -0.00680. The van der Waals surface area contributed by atoms with E-state index in [0.29, 0.717) is 12.0 Å². The summed E-state index contributed by atoms with van der Waals surface area (Å²) in [6.07, 6.45) is 2.44. The molecule has 0 spiro atoms. The van der Waals surface area contributed by atoms with Crippen LogP contribution in [0.3, 0.4) is 0 Å². The predicted molar refractivity (Wildman–Crippen MR) is 87.1 cm³/mol. The molecule has 2 atom stereocenters. The largest absolute Gasteiger partial charge is 0.434 e. The third-order valence-corrected chi connectivity index (χ3v) is 4.23. The van der Waals surface area contributed by atoms with Crippen molar-refractivity contribution in [1.29, 1.82) is 0 Å². The van der Waals surface area contributed by atoms with E-state index in [0.717, 1.165) is 19.4 Å². The van der Waals surface area contributed by atoms with E-state index in [9.17, 15) is 13.6 Å². The van der Waals surface area contributed by atoms with Crippen LogP contribution in [0.25, 0.3) is 0 Å². The van der Waals surface area contributed by atoms with Crippen LogP contribution in [0, 0.1) is 0 Å². The zero-order chi connectivity index (χ0) is 16.2. The van der Waals surface area contributed by atoms with E-state index in [1.54, 1.807) is 25.1 Å². The van der Waals surface area contributed by atoms with Gasteiger partial charge in [0.05, 0.1) is 11.6 Å². The number of carbonyl (C=O) groups is 1. The standard InChI is InChI=1S/C16H22F2N2O2.ClH/c1-3-16(9-6-10-19-16)14(21)20-11(2)12-7-4-5-8-13(12)22-15(17)18;/h4-5,7-8,11,15,19H,3,6,9-10H2,1-2H3,(H,20,21);1H. The van der Waals surface area contributed by atoms with Crippen molar-refractivity contribution in [2.45, 2.75) is 51.3 Å². The lowest BCUT2D eigenvalue weighted by atomic mass is 9.92. The van der Waals surface area contributed by atoms with E-state index in [1.807, 2.05) is 6.92 Å². The van der Waals surface area contributed by atoms with Crippen molar-refractivity contribution in [1.82, 2.24) is 10.6 Å². The number of ether oxygens (including phenoxy) is 1. The van der Waals surface area contributed by atoms with Gasteiger partial charge in [-0.3, -0.25) is 4.79 Å². The fourth-order valence-electron chi connectivity index (χ4n) is 2.92. The fraction of sp³-hybridized carbons (Fsp3) is 0.562. The molecule has 0 aromatic heterocycles. The number of nitrogens with one attached hydrogen (secondary N) is 2. The van der Waals surface area contributed by atoms with Gasteiger partial charge in [0.15, 0.2) is 0 Å². The topological polar surface area (TPSA) is 50.4 Å². The molecule has 2 unspecified atom stereocenters. The summed E-state index contributed by atoms with van der Waals surface area (Å²) in [7, 11) is 0. The number of halogens is 3. The Kier molecular flexibility index (Phi) is 7.22. The molecule has 1 amide bonds. The maximum Gasteiger partial charge on any atom is 0.387 e. The van der Waals surface area contributed by atoms with Crippen LogP contribution in [-0.4, -0.2) is 24.6 Å². The second kappa shape index (κ2) is 8.45. The minimum Gasteiger partial charge on any atom is -0.434 e. The molecular weight excluding hydrogens is 326 g/mol. The van der Waals surface area contributed by atoms with E-state index >= 15 is 0 Å². The summed E-state index contributed by atoms with van der Waals surface area (Å²) in [5, 5.41) is 6.18. The molecule has 1 aromatic carbocycles. The highest BCUT2D eigenvalue weighted by Crippen LogP contribution is 2.28. The lowest BCUT2D eigenvalue weighted by Crippen LogP contribution is -2.53. The summed E-state index contributed by atoms with van der Waals surface area (Å²) in [4.78, 5) is 12.6. The molecule has 1 heterocycles. The zero-order valence-corrected chi connectivity index (χ0v) is 14.1. The van der Waals surface area contributed by atoms with Crippen LogP contribution in [0.2, 0.25) is 0 Å². The maximum absolute atomic E-state index is 12.6. The van der Waals surface area contributed by atoms with Gasteiger partial charge in [-0.25, -0.2) is 0 Å². The summed E-state index contributed by atoms with van der Waals surface area (Å²) in [5.74, 6) is 0.00193. The van der Waals surface area contributed by atoms with Crippen LogP contribution in [0.1, 0.15) is 44.7 Å². The second-order valence-corrected chi connectivity index (χ2v) is 5.58. The first-order valence-electron chi connectivity index (χ1n) is 7.58. The molecule has 4 nitrogen and oxygen atoms in total. The van der Waals surface area contributed by atoms with Crippen molar-refractivity contribution in [3.8, 4) is 5.75 Å². The average Bonchev–Trinajstić information content (AvgIpc) is 2.97. The number of para-hydroxylation sites is 1. The molecule has 0 bridgehead atoms. The molecule has 0 radical (unpaired) electrons. The van der Waals surface area contributed by atoms with Crippen molar-refractivity contribution < 1.29 is 18.3 Å². The minimum absolute atomic E-state index is 0. The molecular formula is C16H23ClF2N2O2. The molecule has 0 aliphatic carbocycles. The molecule has 7 heteroatoms. The van der Waals surface area contributed by atoms with Crippen LogP contribution in [0.5, 0.6) is 5.75 Å². The number of amides is 1. The molecule has 1 aliphatic rings. The maximum atomic E-state index is 12.6. The first-order chi connectivity index (χ1) is 10.5. The molecule has 130 valence electrons. The SMILES string of the molecule is CCC1(C(=O)NC(C)c2ccccc2OC(F)F)CCCN1.Cl. The number of benzene rings is 1. The lowest BCUT2D eigenvalue weighted by Gasteiger charge is -2.29. The van der Waals surface area contributed by atoms with Crippen molar-refractivity contribution in [3.05, 3.63) is 29.8 Å². The molecule has 2 N–H and O–H groups in total. The van der Waals surface area contributed by atoms with Gasteiger partial charge in [-0.05, 0) is 38.8 Å². The second-order valence-electron chi connectivity index (χ2n) is 5.58. The van der Waals surface area contributed by atoms with Gasteiger partial charge in [-0.15, -0.1) is 12.4 Å². The summed E-state index contributed by atoms with van der Waals surface area (Å²) in [6, 6.07) is 6.12. The number of rotatable bonds is 6. The Morgan fingerprint density at radius 3 is 2.70 bits per heavy atom. The Morgan fingerprint density at radius 2 is 2.13 bits per heavy atom. The molecule has 1 fully saturated rings. The monoisotopic (exact) mass is 348 g/mol. The highest BCUT2D eigenvalue weighted by Gasteiger charge is 2.39. The quantitative estimate of drug-likeness (QED) is 0.828. The third-order valence-electron chi connectivity index (χ3n) is 4.23. The summed E-state index contributed by atoms with van der Waals surface area (Å²) in [6.45, 7) is 1.67. The smallest absolute Gasteiger partial charge is 0.387 e. The first-order valence-corrected chi connectivity index (χ1v) is 7.58. The molecule has 2 rings (SSSR count). The predicted octanol–water partition coefficient (Wildman–Crippen LogP) is 3.42. The van der Waals surface area contributed by atoms with Gasteiger partial charge in [0.25, 0.3) is 0 Å². The summed E-state index contributed by atoms with van der Waals surface area (Å²) >= 11 is 0. The van der Waals surface area contributed by atoms with Crippen LogP contribution in [0.4, 0.5) is 8.78 Å². The third kappa shape index (κ3) is 4.54. The highest BCUT2D eigenvalue weighted by molar-refractivity contribution is 5.87. The van der Waals surface area contributed by atoms with Crippen molar-refractivity contribution >= 4 is 18.3 Å². The first kappa shape index (κ1) is 19.6. The van der Waals surface area contributed by atoms with Crippen molar-refractivity contribution in [2.24, 2.45) is 0 Å². The molecule has 0 saturated carbocycles. The number of alkyl halides is 2. The molecule has 23 heavy (non-hydrogen) atoms. The van der Waals surface area contributed by atoms with Crippen LogP contribution < -0.4 is 15.4 Å². The Labute approximate surface area is 141 Å². The Hall–Kier alpha value is -1.40. The summed E-state index contributed by atoms with van der Waals surface area (Å²) < 4.78 is 29.5. The van der Waals surface area contributed by atoms with Gasteiger partial charge in [-0.2, -0.15) is 8.78 Å². The number of carbonyl (C=O) groups excluding carboxylic acids is 1. The lowest BCUT2D eigenvalue weighted by molar-refractivity contribution is -0.128. The van der Waals surface area contributed by atoms with E-state index in [2.05, 4.69) is 15.4 Å². The molecule has 1 aliphatic heterocycles. The average molecular weight is 349 g/mol. The Balaban J connectivity index is 0.00000264. The van der Waals surface area contributed by atoms with Crippen molar-refractivity contribution in [3.63, 3.8) is 0 Å². The minimum atomic E-state index is -2.89. The van der Waals surface area contributed by atoms with Crippen LogP contribution in [-0.2, 0) is 4.79 Å². The van der Waals surface area contributed by atoms with Gasteiger partial charge in [0.2, 0.25) is 5.91 Å². The van der Waals surface area contributed by atoms with E-state index < -0.39 is 18.2 Å². The fourth-order valence-corrected chi connectivity index (χ4v) is 2.92. The molecule has 1 saturated heterocycles.